The van der Waals surface area contributed by atoms with E-state index in [4.69, 9.17) is 0 Å². The fraction of sp³-hybridized carbons (Fsp3) is 0.0833. The molecule has 0 aliphatic rings. The molecule has 0 unspecified atom stereocenters. The molecule has 0 N–H and O–H groups in total. The van der Waals surface area contributed by atoms with Crippen molar-refractivity contribution >= 4 is 17.0 Å². The Morgan fingerprint density at radius 1 is 1.07 bits per heavy atom. The van der Waals surface area contributed by atoms with Crippen molar-refractivity contribution in [2.45, 2.75) is 0 Å². The topological polar surface area (TPSA) is 21.6 Å². The van der Waals surface area contributed by atoms with Crippen LogP contribution in [0.3, 0.4) is 0 Å². The molecule has 0 bridgehead atoms. The van der Waals surface area contributed by atoms with Gasteiger partial charge in [-0.3, -0.25) is 0 Å². The van der Waals surface area contributed by atoms with Gasteiger partial charge in [-0.05, 0) is 10.8 Å². The summed E-state index contributed by atoms with van der Waals surface area (Å²) in [6, 6.07) is 14.3. The van der Waals surface area contributed by atoms with Crippen molar-refractivity contribution < 1.29 is 4.84 Å². The van der Waals surface area contributed by atoms with Crippen LogP contribution in [0.1, 0.15) is 5.56 Å². The van der Waals surface area contributed by atoms with Crippen molar-refractivity contribution in [3.05, 3.63) is 48.0 Å². The van der Waals surface area contributed by atoms with E-state index in [-0.39, 0.29) is 0 Å². The van der Waals surface area contributed by atoms with E-state index in [0.29, 0.717) is 0 Å². The zero-order valence-electron chi connectivity index (χ0n) is 7.97. The molecular weight excluding hydrogens is 174 g/mol. The zero-order valence-corrected chi connectivity index (χ0v) is 7.97. The zero-order chi connectivity index (χ0) is 9.80. The number of oxime groups is 1. The van der Waals surface area contributed by atoms with Crippen molar-refractivity contribution in [3.63, 3.8) is 0 Å². The van der Waals surface area contributed by atoms with Crippen LogP contribution in [-0.2, 0) is 4.84 Å². The molecule has 0 aromatic heterocycles. The fourth-order valence-corrected chi connectivity index (χ4v) is 1.47. The first kappa shape index (κ1) is 8.75. The Morgan fingerprint density at radius 2 is 1.86 bits per heavy atom. The molecule has 2 heteroatoms. The Kier molecular flexibility index (Phi) is 2.45. The quantitative estimate of drug-likeness (QED) is 0.520. The molecule has 0 saturated carbocycles. The first-order valence-electron chi connectivity index (χ1n) is 4.46. The first-order chi connectivity index (χ1) is 6.92. The maximum Gasteiger partial charge on any atom is 0.106 e. The molecule has 2 aromatic rings. The molecule has 0 aliphatic carbocycles. The summed E-state index contributed by atoms with van der Waals surface area (Å²) in [5.74, 6) is 0. The molecule has 0 spiro atoms. The monoisotopic (exact) mass is 185 g/mol. The number of rotatable bonds is 2. The van der Waals surface area contributed by atoms with Crippen LogP contribution in [0, 0.1) is 0 Å². The van der Waals surface area contributed by atoms with Crippen LogP contribution in [-0.4, -0.2) is 13.3 Å². The van der Waals surface area contributed by atoms with Gasteiger partial charge < -0.3 is 4.84 Å². The summed E-state index contributed by atoms with van der Waals surface area (Å²) in [5, 5.41) is 6.17. The predicted molar refractivity (Wildman–Crippen MR) is 58.6 cm³/mol. The van der Waals surface area contributed by atoms with E-state index in [1.807, 2.05) is 24.3 Å². The van der Waals surface area contributed by atoms with E-state index in [9.17, 15) is 0 Å². The summed E-state index contributed by atoms with van der Waals surface area (Å²) in [4.78, 5) is 4.66. The highest BCUT2D eigenvalue weighted by atomic mass is 16.6. The number of hydrogen-bond donors (Lipinski definition) is 0. The molecule has 2 nitrogen and oxygen atoms in total. The molecule has 2 rings (SSSR count). The van der Waals surface area contributed by atoms with Crippen LogP contribution in [0.25, 0.3) is 10.8 Å². The van der Waals surface area contributed by atoms with Crippen molar-refractivity contribution in [1.82, 2.24) is 0 Å². The average molecular weight is 185 g/mol. The van der Waals surface area contributed by atoms with E-state index in [0.717, 1.165) is 5.56 Å². The lowest BCUT2D eigenvalue weighted by Gasteiger charge is -2.00. The highest BCUT2D eigenvalue weighted by molar-refractivity contribution is 5.99. The van der Waals surface area contributed by atoms with Crippen LogP contribution < -0.4 is 0 Å². The highest BCUT2D eigenvalue weighted by Gasteiger charge is 1.96. The van der Waals surface area contributed by atoms with E-state index in [2.05, 4.69) is 28.2 Å². The van der Waals surface area contributed by atoms with E-state index >= 15 is 0 Å². The Balaban J connectivity index is 2.59. The van der Waals surface area contributed by atoms with Crippen LogP contribution in [0.4, 0.5) is 0 Å². The third-order valence-corrected chi connectivity index (χ3v) is 2.12. The second kappa shape index (κ2) is 3.92. The van der Waals surface area contributed by atoms with Gasteiger partial charge in [-0.25, -0.2) is 0 Å². The lowest BCUT2D eigenvalue weighted by molar-refractivity contribution is 0.215. The highest BCUT2D eigenvalue weighted by Crippen LogP contribution is 2.16. The normalized spacial score (nSPS) is 10.9. The van der Waals surface area contributed by atoms with Crippen LogP contribution in [0.5, 0.6) is 0 Å². The Bertz CT molecular complexity index is 457. The van der Waals surface area contributed by atoms with E-state index in [1.165, 1.54) is 10.8 Å². The molecule has 14 heavy (non-hydrogen) atoms. The number of hydrogen-bond acceptors (Lipinski definition) is 2. The van der Waals surface area contributed by atoms with Crippen molar-refractivity contribution in [2.75, 3.05) is 7.11 Å². The van der Waals surface area contributed by atoms with Crippen molar-refractivity contribution in [3.8, 4) is 0 Å². The molecule has 0 amide bonds. The summed E-state index contributed by atoms with van der Waals surface area (Å²) < 4.78 is 0. The van der Waals surface area contributed by atoms with Gasteiger partial charge in [0, 0.05) is 5.56 Å². The van der Waals surface area contributed by atoms with Gasteiger partial charge in [0.15, 0.2) is 0 Å². The third-order valence-electron chi connectivity index (χ3n) is 2.12. The number of benzene rings is 2. The van der Waals surface area contributed by atoms with Gasteiger partial charge in [-0.1, -0.05) is 47.6 Å². The molecule has 70 valence electrons. The summed E-state index contributed by atoms with van der Waals surface area (Å²) in [7, 11) is 1.54. The van der Waals surface area contributed by atoms with Crippen molar-refractivity contribution in [1.29, 1.82) is 0 Å². The van der Waals surface area contributed by atoms with Gasteiger partial charge in [-0.15, -0.1) is 0 Å². The molecular formula is C12H11NO. The maximum atomic E-state index is 4.66. The van der Waals surface area contributed by atoms with E-state index < -0.39 is 0 Å². The summed E-state index contributed by atoms with van der Waals surface area (Å²) in [6.45, 7) is 0. The molecule has 2 aromatic carbocycles. The fourth-order valence-electron chi connectivity index (χ4n) is 1.47. The second-order valence-corrected chi connectivity index (χ2v) is 2.99. The molecule has 0 atom stereocenters. The van der Waals surface area contributed by atoms with Gasteiger partial charge in [0.05, 0.1) is 6.21 Å². The Labute approximate surface area is 82.8 Å². The van der Waals surface area contributed by atoms with Gasteiger partial charge in [0.1, 0.15) is 7.11 Å². The maximum absolute atomic E-state index is 4.66. The molecule has 0 fully saturated rings. The lowest BCUT2D eigenvalue weighted by atomic mass is 10.1. The first-order valence-corrected chi connectivity index (χ1v) is 4.46. The van der Waals surface area contributed by atoms with Crippen LogP contribution >= 0.6 is 0 Å². The Morgan fingerprint density at radius 3 is 2.71 bits per heavy atom. The van der Waals surface area contributed by atoms with Gasteiger partial charge >= 0.3 is 0 Å². The van der Waals surface area contributed by atoms with Crippen LogP contribution in [0.15, 0.2) is 47.6 Å². The SMILES string of the molecule is CO/N=C\c1cccc2ccccc12. The molecule has 0 radical (unpaired) electrons. The standard InChI is InChI=1S/C12H11NO/c1-14-13-9-11-7-4-6-10-5-2-3-8-12(10)11/h2-9H,1H3/b13-9-. The predicted octanol–water partition coefficient (Wildman–Crippen LogP) is 2.82. The molecule has 0 aliphatic heterocycles. The summed E-state index contributed by atoms with van der Waals surface area (Å²) in [5.41, 5.74) is 1.07. The summed E-state index contributed by atoms with van der Waals surface area (Å²) in [6.07, 6.45) is 1.72. The molecule has 0 heterocycles. The van der Waals surface area contributed by atoms with Gasteiger partial charge in [0.2, 0.25) is 0 Å². The Hall–Kier alpha value is -1.83. The van der Waals surface area contributed by atoms with Crippen LogP contribution in [0.2, 0.25) is 0 Å². The third kappa shape index (κ3) is 1.59. The lowest BCUT2D eigenvalue weighted by Crippen LogP contribution is -1.84. The van der Waals surface area contributed by atoms with Crippen molar-refractivity contribution in [2.24, 2.45) is 5.16 Å². The smallest absolute Gasteiger partial charge is 0.106 e. The average Bonchev–Trinajstić information content (AvgIpc) is 2.26. The molecule has 0 saturated heterocycles. The minimum Gasteiger partial charge on any atom is -0.399 e. The number of fused-ring (bicyclic) bond motifs is 1. The number of nitrogens with zero attached hydrogens (tertiary/aromatic N) is 1. The largest absolute Gasteiger partial charge is 0.399 e. The minimum atomic E-state index is 1.07. The summed E-state index contributed by atoms with van der Waals surface area (Å²) >= 11 is 0. The second-order valence-electron chi connectivity index (χ2n) is 2.99. The van der Waals surface area contributed by atoms with Gasteiger partial charge in [-0.2, -0.15) is 0 Å². The van der Waals surface area contributed by atoms with E-state index in [1.54, 1.807) is 13.3 Å². The van der Waals surface area contributed by atoms with Gasteiger partial charge in [0.25, 0.3) is 0 Å². The minimum absolute atomic E-state index is 1.07.